The van der Waals surface area contributed by atoms with Crippen LogP contribution in [-0.2, 0) is 19.1 Å². The number of ether oxygens (including phenoxy) is 2. The molecule has 0 amide bonds. The highest BCUT2D eigenvalue weighted by Gasteiger charge is 2.46. The van der Waals surface area contributed by atoms with E-state index in [1.807, 2.05) is 0 Å². The summed E-state index contributed by atoms with van der Waals surface area (Å²) >= 11 is 0. The van der Waals surface area contributed by atoms with E-state index in [4.69, 9.17) is 9.47 Å². The highest BCUT2D eigenvalue weighted by atomic mass is 16.6. The van der Waals surface area contributed by atoms with Crippen molar-refractivity contribution in [2.24, 2.45) is 11.8 Å². The fraction of sp³-hybridized carbons (Fsp3) is 0.636. The van der Waals surface area contributed by atoms with Crippen molar-refractivity contribution in [2.45, 2.75) is 25.0 Å². The van der Waals surface area contributed by atoms with Gasteiger partial charge in [0.05, 0.1) is 18.6 Å². The molecule has 1 aliphatic carbocycles. The summed E-state index contributed by atoms with van der Waals surface area (Å²) < 4.78 is 9.91. The maximum absolute atomic E-state index is 11.4. The van der Waals surface area contributed by atoms with E-state index in [9.17, 15) is 14.7 Å². The lowest BCUT2D eigenvalue weighted by molar-refractivity contribution is -0.157. The number of fused-ring (bicyclic) bond motifs is 1. The molecule has 2 aliphatic rings. The lowest BCUT2D eigenvalue weighted by Gasteiger charge is -2.32. The molecule has 2 rings (SSSR count). The molecule has 1 saturated carbocycles. The van der Waals surface area contributed by atoms with Gasteiger partial charge in [-0.05, 0) is 6.42 Å². The van der Waals surface area contributed by atoms with Crippen LogP contribution in [0.4, 0.5) is 0 Å². The number of aliphatic hydroxyl groups excluding tert-OH is 1. The molecule has 16 heavy (non-hydrogen) atoms. The number of esters is 2. The Morgan fingerprint density at radius 3 is 3.00 bits per heavy atom. The van der Waals surface area contributed by atoms with Crippen LogP contribution in [0, 0.1) is 11.8 Å². The van der Waals surface area contributed by atoms with Gasteiger partial charge in [0.15, 0.2) is 0 Å². The second kappa shape index (κ2) is 4.25. The van der Waals surface area contributed by atoms with Crippen molar-refractivity contribution in [3.8, 4) is 0 Å². The van der Waals surface area contributed by atoms with Crippen LogP contribution in [0.5, 0.6) is 0 Å². The number of rotatable bonds is 2. The van der Waals surface area contributed by atoms with Gasteiger partial charge in [0.1, 0.15) is 6.10 Å². The zero-order chi connectivity index (χ0) is 11.7. The van der Waals surface area contributed by atoms with E-state index < -0.39 is 18.2 Å². The Morgan fingerprint density at radius 2 is 2.31 bits per heavy atom. The molecule has 88 valence electrons. The predicted octanol–water partition coefficient (Wildman–Crippen LogP) is 0.0281. The second-order valence-electron chi connectivity index (χ2n) is 4.21. The summed E-state index contributed by atoms with van der Waals surface area (Å²) in [5, 5.41) is 9.77. The first-order valence-corrected chi connectivity index (χ1v) is 5.29. The molecular weight excluding hydrogens is 212 g/mol. The van der Waals surface area contributed by atoms with Gasteiger partial charge in [-0.1, -0.05) is 6.58 Å². The van der Waals surface area contributed by atoms with Crippen molar-refractivity contribution < 1.29 is 24.2 Å². The zero-order valence-electron chi connectivity index (χ0n) is 8.80. The lowest BCUT2D eigenvalue weighted by atomic mass is 9.78. The Hall–Kier alpha value is -1.36. The van der Waals surface area contributed by atoms with Gasteiger partial charge in [0.25, 0.3) is 0 Å². The van der Waals surface area contributed by atoms with E-state index >= 15 is 0 Å². The lowest BCUT2D eigenvalue weighted by Crippen LogP contribution is -2.41. The molecule has 1 saturated heterocycles. The molecule has 4 unspecified atom stereocenters. The van der Waals surface area contributed by atoms with Crippen LogP contribution in [0.2, 0.25) is 0 Å². The standard InChI is InChI=1S/C11H14O5/c1-2-10(13)16-9-4-7-6(3-8(9)12)5-15-11(7)14/h2,6-9,12H,1,3-5H2. The third kappa shape index (κ3) is 1.95. The fourth-order valence-electron chi connectivity index (χ4n) is 2.32. The largest absolute Gasteiger partial charge is 0.465 e. The molecule has 0 aromatic heterocycles. The van der Waals surface area contributed by atoms with Crippen molar-refractivity contribution in [1.29, 1.82) is 0 Å². The minimum absolute atomic E-state index is 0.0567. The van der Waals surface area contributed by atoms with Gasteiger partial charge in [-0.15, -0.1) is 0 Å². The predicted molar refractivity (Wildman–Crippen MR) is 53.3 cm³/mol. The molecule has 0 aromatic rings. The van der Waals surface area contributed by atoms with Crippen molar-refractivity contribution in [3.05, 3.63) is 12.7 Å². The fourth-order valence-corrected chi connectivity index (χ4v) is 2.32. The van der Waals surface area contributed by atoms with Gasteiger partial charge in [-0.25, -0.2) is 4.79 Å². The number of hydrogen-bond donors (Lipinski definition) is 1. The Labute approximate surface area is 93.0 Å². The zero-order valence-corrected chi connectivity index (χ0v) is 8.80. The van der Waals surface area contributed by atoms with Crippen molar-refractivity contribution in [2.75, 3.05) is 6.61 Å². The first-order valence-electron chi connectivity index (χ1n) is 5.29. The summed E-state index contributed by atoms with van der Waals surface area (Å²) in [5.41, 5.74) is 0. The Balaban J connectivity index is 2.02. The molecule has 0 spiro atoms. The van der Waals surface area contributed by atoms with Crippen LogP contribution in [0.15, 0.2) is 12.7 Å². The van der Waals surface area contributed by atoms with Crippen molar-refractivity contribution in [3.63, 3.8) is 0 Å². The monoisotopic (exact) mass is 226 g/mol. The molecule has 0 radical (unpaired) electrons. The Kier molecular flexibility index (Phi) is 2.96. The average Bonchev–Trinajstić information content (AvgIpc) is 2.61. The maximum Gasteiger partial charge on any atom is 0.330 e. The van der Waals surface area contributed by atoms with Crippen LogP contribution >= 0.6 is 0 Å². The normalized spacial score (nSPS) is 37.4. The summed E-state index contributed by atoms with van der Waals surface area (Å²) in [6, 6.07) is 0. The summed E-state index contributed by atoms with van der Waals surface area (Å²) in [4.78, 5) is 22.4. The molecule has 4 atom stereocenters. The summed E-state index contributed by atoms with van der Waals surface area (Å²) in [6.45, 7) is 3.65. The summed E-state index contributed by atoms with van der Waals surface area (Å²) in [5.74, 6) is -1.02. The molecule has 2 fully saturated rings. The van der Waals surface area contributed by atoms with Gasteiger partial charge in [0.2, 0.25) is 0 Å². The topological polar surface area (TPSA) is 72.8 Å². The molecule has 1 heterocycles. The van der Waals surface area contributed by atoms with Crippen LogP contribution < -0.4 is 0 Å². The number of aliphatic hydroxyl groups is 1. The van der Waals surface area contributed by atoms with Crippen molar-refractivity contribution in [1.82, 2.24) is 0 Å². The Morgan fingerprint density at radius 1 is 1.56 bits per heavy atom. The summed E-state index contributed by atoms with van der Waals surface area (Å²) in [7, 11) is 0. The van der Waals surface area contributed by atoms with Gasteiger partial charge in [-0.2, -0.15) is 0 Å². The van der Waals surface area contributed by atoms with Crippen LogP contribution in [0.1, 0.15) is 12.8 Å². The third-order valence-electron chi connectivity index (χ3n) is 3.21. The minimum atomic E-state index is -0.723. The molecule has 1 N–H and O–H groups in total. The number of cyclic esters (lactones) is 1. The smallest absolute Gasteiger partial charge is 0.330 e. The van der Waals surface area contributed by atoms with Gasteiger partial charge in [0, 0.05) is 18.4 Å². The quantitative estimate of drug-likeness (QED) is 0.531. The van der Waals surface area contributed by atoms with Crippen LogP contribution in [-0.4, -0.2) is 35.9 Å². The van der Waals surface area contributed by atoms with E-state index in [0.717, 1.165) is 6.08 Å². The maximum atomic E-state index is 11.4. The molecule has 5 heteroatoms. The number of carbonyl (C=O) groups is 2. The highest BCUT2D eigenvalue weighted by molar-refractivity contribution is 5.81. The van der Waals surface area contributed by atoms with E-state index in [1.165, 1.54) is 0 Å². The average molecular weight is 226 g/mol. The number of carbonyl (C=O) groups excluding carboxylic acids is 2. The second-order valence-corrected chi connectivity index (χ2v) is 4.21. The third-order valence-corrected chi connectivity index (χ3v) is 3.21. The number of hydrogen-bond acceptors (Lipinski definition) is 5. The van der Waals surface area contributed by atoms with Crippen molar-refractivity contribution >= 4 is 11.9 Å². The first kappa shape index (κ1) is 11.1. The first-order chi connectivity index (χ1) is 7.61. The van der Waals surface area contributed by atoms with E-state index in [2.05, 4.69) is 6.58 Å². The van der Waals surface area contributed by atoms with E-state index in [0.29, 0.717) is 19.4 Å². The Bertz CT molecular complexity index is 324. The molecule has 1 aliphatic heterocycles. The van der Waals surface area contributed by atoms with Crippen LogP contribution in [0.3, 0.4) is 0 Å². The molecule has 0 bridgehead atoms. The molecule has 5 nitrogen and oxygen atoms in total. The van der Waals surface area contributed by atoms with Gasteiger partial charge < -0.3 is 14.6 Å². The molecule has 0 aromatic carbocycles. The summed E-state index contributed by atoms with van der Waals surface area (Å²) in [6.07, 6.45) is 0.471. The minimum Gasteiger partial charge on any atom is -0.465 e. The van der Waals surface area contributed by atoms with Gasteiger partial charge in [-0.3, -0.25) is 4.79 Å². The van der Waals surface area contributed by atoms with E-state index in [1.54, 1.807) is 0 Å². The van der Waals surface area contributed by atoms with E-state index in [-0.39, 0.29) is 17.8 Å². The van der Waals surface area contributed by atoms with Crippen LogP contribution in [0.25, 0.3) is 0 Å². The molecular formula is C11H14O5. The van der Waals surface area contributed by atoms with Gasteiger partial charge >= 0.3 is 11.9 Å². The highest BCUT2D eigenvalue weighted by Crippen LogP contribution is 2.37. The SMILES string of the molecule is C=CC(=O)OC1CC2C(=O)OCC2CC1O.